The topological polar surface area (TPSA) is 52.7 Å². The summed E-state index contributed by atoms with van der Waals surface area (Å²) >= 11 is 0. The summed E-state index contributed by atoms with van der Waals surface area (Å²) in [5.41, 5.74) is -0.195. The highest BCUT2D eigenvalue weighted by Gasteiger charge is 2.46. The second-order valence-electron chi connectivity index (χ2n) is 4.58. The first-order valence-corrected chi connectivity index (χ1v) is 6.89. The van der Waals surface area contributed by atoms with Gasteiger partial charge in [-0.3, -0.25) is 0 Å². The Balaban J connectivity index is 2.07. The summed E-state index contributed by atoms with van der Waals surface area (Å²) in [5, 5.41) is 0. The molecule has 2 aliphatic rings. The van der Waals surface area contributed by atoms with Gasteiger partial charge in [-0.1, -0.05) is 6.92 Å². The van der Waals surface area contributed by atoms with Crippen LogP contribution in [-0.4, -0.2) is 56.4 Å². The van der Waals surface area contributed by atoms with Gasteiger partial charge >= 0.3 is 0 Å². The van der Waals surface area contributed by atoms with Gasteiger partial charge in [0.1, 0.15) is 0 Å². The van der Waals surface area contributed by atoms with Gasteiger partial charge in [-0.2, -0.15) is 17.4 Å². The summed E-state index contributed by atoms with van der Waals surface area (Å²) in [5.74, 6) is 0. The van der Waals surface area contributed by atoms with Crippen LogP contribution in [0.4, 0.5) is 0 Å². The first-order chi connectivity index (χ1) is 6.97. The lowest BCUT2D eigenvalue weighted by molar-refractivity contribution is 0.157. The van der Waals surface area contributed by atoms with Crippen molar-refractivity contribution in [2.75, 3.05) is 33.2 Å². The van der Waals surface area contributed by atoms with Gasteiger partial charge in [-0.15, -0.1) is 0 Å². The van der Waals surface area contributed by atoms with Crippen LogP contribution >= 0.6 is 0 Å². The maximum atomic E-state index is 11.6. The number of likely N-dealkylation sites (N-methyl/N-ethyl adjacent to an activating group) is 1. The standard InChI is InChI=1S/C9H19N3O2S/c1-3-12-6-4-9(5-7-12)8-11(2)15(13,14)10-9/h10H,3-8H2,1-2H3. The maximum Gasteiger partial charge on any atom is 0.279 e. The fourth-order valence-corrected chi connectivity index (χ4v) is 3.84. The van der Waals surface area contributed by atoms with Crippen molar-refractivity contribution < 1.29 is 8.42 Å². The third-order valence-electron chi connectivity index (χ3n) is 3.54. The zero-order valence-electron chi connectivity index (χ0n) is 9.36. The van der Waals surface area contributed by atoms with E-state index in [9.17, 15) is 8.42 Å². The van der Waals surface area contributed by atoms with Gasteiger partial charge < -0.3 is 4.90 Å². The Morgan fingerprint density at radius 2 is 1.93 bits per heavy atom. The first kappa shape index (κ1) is 11.3. The lowest BCUT2D eigenvalue weighted by atomic mass is 9.88. The minimum atomic E-state index is -3.19. The fourth-order valence-electron chi connectivity index (χ4n) is 2.45. The van der Waals surface area contributed by atoms with E-state index in [4.69, 9.17) is 0 Å². The van der Waals surface area contributed by atoms with E-state index < -0.39 is 10.2 Å². The van der Waals surface area contributed by atoms with Gasteiger partial charge in [0.05, 0.1) is 5.54 Å². The van der Waals surface area contributed by atoms with E-state index in [1.807, 2.05) is 0 Å². The van der Waals surface area contributed by atoms with E-state index >= 15 is 0 Å². The molecule has 0 aromatic carbocycles. The average molecular weight is 233 g/mol. The molecule has 0 bridgehead atoms. The number of likely N-dealkylation sites (tertiary alicyclic amines) is 1. The van der Waals surface area contributed by atoms with E-state index in [1.165, 1.54) is 4.31 Å². The summed E-state index contributed by atoms with van der Waals surface area (Å²) in [4.78, 5) is 2.36. The van der Waals surface area contributed by atoms with Crippen LogP contribution in [0.25, 0.3) is 0 Å². The number of nitrogens with zero attached hydrogens (tertiary/aromatic N) is 2. The molecule has 2 aliphatic heterocycles. The average Bonchev–Trinajstić information content (AvgIpc) is 2.38. The third-order valence-corrected chi connectivity index (χ3v) is 5.18. The van der Waals surface area contributed by atoms with Gasteiger partial charge in [0.2, 0.25) is 0 Å². The Labute approximate surface area is 91.6 Å². The molecule has 0 aromatic heterocycles. The lowest BCUT2D eigenvalue weighted by Gasteiger charge is -2.37. The molecule has 0 atom stereocenters. The highest BCUT2D eigenvalue weighted by atomic mass is 32.2. The number of hydrogen-bond acceptors (Lipinski definition) is 3. The van der Waals surface area contributed by atoms with Crippen molar-refractivity contribution >= 4 is 10.2 Å². The molecule has 0 unspecified atom stereocenters. The Morgan fingerprint density at radius 1 is 1.33 bits per heavy atom. The van der Waals surface area contributed by atoms with E-state index in [1.54, 1.807) is 7.05 Å². The molecule has 5 nitrogen and oxygen atoms in total. The van der Waals surface area contributed by atoms with E-state index in [2.05, 4.69) is 16.5 Å². The summed E-state index contributed by atoms with van der Waals surface area (Å²) in [6.45, 7) is 5.80. The fraction of sp³-hybridized carbons (Fsp3) is 1.00. The molecular weight excluding hydrogens is 214 g/mol. The second-order valence-corrected chi connectivity index (χ2v) is 6.36. The van der Waals surface area contributed by atoms with Gasteiger partial charge in [0.25, 0.3) is 10.2 Å². The molecule has 2 heterocycles. The molecule has 2 saturated heterocycles. The Hall–Kier alpha value is -0.170. The van der Waals surface area contributed by atoms with E-state index in [0.717, 1.165) is 32.5 Å². The van der Waals surface area contributed by atoms with Crippen LogP contribution in [0.3, 0.4) is 0 Å². The van der Waals surface area contributed by atoms with Crippen molar-refractivity contribution in [1.82, 2.24) is 13.9 Å². The summed E-state index contributed by atoms with van der Waals surface area (Å²) in [6.07, 6.45) is 1.84. The highest BCUT2D eigenvalue weighted by Crippen LogP contribution is 2.29. The molecule has 1 N–H and O–H groups in total. The zero-order chi connectivity index (χ0) is 11.1. The van der Waals surface area contributed by atoms with Crippen LogP contribution in [0.15, 0.2) is 0 Å². The third kappa shape index (κ3) is 2.04. The predicted molar refractivity (Wildman–Crippen MR) is 58.8 cm³/mol. The van der Waals surface area contributed by atoms with Crippen LogP contribution in [-0.2, 0) is 10.2 Å². The van der Waals surface area contributed by atoms with Gasteiger partial charge in [0, 0.05) is 13.6 Å². The Morgan fingerprint density at radius 3 is 2.33 bits per heavy atom. The smallest absolute Gasteiger partial charge is 0.279 e. The van der Waals surface area contributed by atoms with Crippen LogP contribution in [0.2, 0.25) is 0 Å². The summed E-state index contributed by atoms with van der Waals surface area (Å²) in [6, 6.07) is 0. The van der Waals surface area contributed by atoms with Gasteiger partial charge in [-0.25, -0.2) is 0 Å². The molecule has 88 valence electrons. The van der Waals surface area contributed by atoms with Crippen molar-refractivity contribution in [3.05, 3.63) is 0 Å². The molecule has 15 heavy (non-hydrogen) atoms. The molecule has 1 spiro atoms. The molecule has 0 radical (unpaired) electrons. The molecule has 6 heteroatoms. The van der Waals surface area contributed by atoms with Crippen LogP contribution in [0.5, 0.6) is 0 Å². The van der Waals surface area contributed by atoms with Crippen LogP contribution in [0, 0.1) is 0 Å². The second kappa shape index (κ2) is 3.69. The molecule has 0 amide bonds. The molecular formula is C9H19N3O2S. The SMILES string of the molecule is CCN1CCC2(CC1)CN(C)S(=O)(=O)N2. The van der Waals surface area contributed by atoms with Crippen molar-refractivity contribution in [3.63, 3.8) is 0 Å². The van der Waals surface area contributed by atoms with Crippen LogP contribution in [0.1, 0.15) is 19.8 Å². The van der Waals surface area contributed by atoms with Crippen molar-refractivity contribution in [1.29, 1.82) is 0 Å². The molecule has 0 aromatic rings. The highest BCUT2D eigenvalue weighted by molar-refractivity contribution is 7.87. The molecule has 0 saturated carbocycles. The van der Waals surface area contributed by atoms with Gasteiger partial charge in [0.15, 0.2) is 0 Å². The normalized spacial score (nSPS) is 31.1. The summed E-state index contributed by atoms with van der Waals surface area (Å²) in [7, 11) is -1.55. The first-order valence-electron chi connectivity index (χ1n) is 5.45. The number of rotatable bonds is 1. The zero-order valence-corrected chi connectivity index (χ0v) is 10.2. The minimum Gasteiger partial charge on any atom is -0.303 e. The molecule has 0 aliphatic carbocycles. The maximum absolute atomic E-state index is 11.6. The van der Waals surface area contributed by atoms with Crippen molar-refractivity contribution in [2.24, 2.45) is 0 Å². The van der Waals surface area contributed by atoms with E-state index in [0.29, 0.717) is 6.54 Å². The van der Waals surface area contributed by atoms with Crippen LogP contribution < -0.4 is 4.72 Å². The van der Waals surface area contributed by atoms with Crippen molar-refractivity contribution in [2.45, 2.75) is 25.3 Å². The Kier molecular flexibility index (Phi) is 2.79. The quantitative estimate of drug-likeness (QED) is 0.672. The number of piperidine rings is 1. The largest absolute Gasteiger partial charge is 0.303 e. The Bertz CT molecular complexity index is 333. The number of nitrogens with one attached hydrogen (secondary N) is 1. The predicted octanol–water partition coefficient (Wildman–Crippen LogP) is -0.379. The number of hydrogen-bond donors (Lipinski definition) is 1. The minimum absolute atomic E-state index is 0.195. The monoisotopic (exact) mass is 233 g/mol. The molecule has 2 fully saturated rings. The van der Waals surface area contributed by atoms with E-state index in [-0.39, 0.29) is 5.54 Å². The van der Waals surface area contributed by atoms with Crippen molar-refractivity contribution in [3.8, 4) is 0 Å². The summed E-state index contributed by atoms with van der Waals surface area (Å²) < 4.78 is 27.4. The molecule has 2 rings (SSSR count). The van der Waals surface area contributed by atoms with Gasteiger partial charge in [-0.05, 0) is 32.5 Å². The lowest BCUT2D eigenvalue weighted by Crippen LogP contribution is -2.52.